The molecule has 0 saturated carbocycles. The van der Waals surface area contributed by atoms with Crippen molar-refractivity contribution in [2.24, 2.45) is 0 Å². The van der Waals surface area contributed by atoms with Crippen molar-refractivity contribution in [3.05, 3.63) is 29.5 Å². The second-order valence-corrected chi connectivity index (χ2v) is 2.98. The number of rotatable bonds is 2. The Morgan fingerprint density at radius 2 is 2.45 bits per heavy atom. The number of hydrogen-bond acceptors (Lipinski definition) is 0. The summed E-state index contributed by atoms with van der Waals surface area (Å²) in [7, 11) is 0. The standard InChI is InChI=1S/C11H16/c1-3-10(4-2)11-8-6-5-7-9-11/h8H,1,4-7,9H2,2H3. The first-order valence-corrected chi connectivity index (χ1v) is 4.46. The lowest BCUT2D eigenvalue weighted by atomic mass is 9.93. The molecule has 0 bridgehead atoms. The molecule has 0 aliphatic heterocycles. The molecular weight excluding hydrogens is 132 g/mol. The lowest BCUT2D eigenvalue weighted by Crippen LogP contribution is -1.93. The Balaban J connectivity index is 2.71. The van der Waals surface area contributed by atoms with Crippen LogP contribution in [0.15, 0.2) is 29.5 Å². The molecular formula is C11H16. The van der Waals surface area contributed by atoms with Crippen molar-refractivity contribution >= 4 is 0 Å². The third-order valence-corrected chi connectivity index (χ3v) is 2.25. The van der Waals surface area contributed by atoms with Gasteiger partial charge in [-0.15, -0.1) is 5.73 Å². The largest absolute Gasteiger partial charge is 0.125 e. The summed E-state index contributed by atoms with van der Waals surface area (Å²) >= 11 is 0. The minimum atomic E-state index is 1.08. The van der Waals surface area contributed by atoms with Gasteiger partial charge in [0.25, 0.3) is 0 Å². The highest BCUT2D eigenvalue weighted by molar-refractivity contribution is 5.30. The highest BCUT2D eigenvalue weighted by Gasteiger charge is 2.05. The van der Waals surface area contributed by atoms with E-state index in [9.17, 15) is 0 Å². The minimum Gasteiger partial charge on any atom is -0.125 e. The molecule has 1 aliphatic carbocycles. The molecule has 11 heavy (non-hydrogen) atoms. The van der Waals surface area contributed by atoms with Gasteiger partial charge in [0.15, 0.2) is 0 Å². The van der Waals surface area contributed by atoms with Gasteiger partial charge in [0.2, 0.25) is 0 Å². The van der Waals surface area contributed by atoms with Gasteiger partial charge in [-0.1, -0.05) is 19.6 Å². The van der Waals surface area contributed by atoms with E-state index in [1.54, 1.807) is 0 Å². The van der Waals surface area contributed by atoms with Crippen molar-refractivity contribution in [3.8, 4) is 0 Å². The molecule has 1 rings (SSSR count). The summed E-state index contributed by atoms with van der Waals surface area (Å²) < 4.78 is 0. The zero-order valence-electron chi connectivity index (χ0n) is 7.32. The molecule has 1 aliphatic rings. The van der Waals surface area contributed by atoms with Gasteiger partial charge in [0.1, 0.15) is 0 Å². The topological polar surface area (TPSA) is 0 Å². The molecule has 0 spiro atoms. The molecule has 0 unspecified atom stereocenters. The van der Waals surface area contributed by atoms with Crippen molar-refractivity contribution < 1.29 is 0 Å². The Morgan fingerprint density at radius 1 is 1.64 bits per heavy atom. The van der Waals surface area contributed by atoms with Crippen LogP contribution in [0, 0.1) is 0 Å². The van der Waals surface area contributed by atoms with Crippen LogP contribution in [0.25, 0.3) is 0 Å². The zero-order valence-corrected chi connectivity index (χ0v) is 7.32. The Hall–Kier alpha value is -0.740. The van der Waals surface area contributed by atoms with Crippen LogP contribution in [0.2, 0.25) is 0 Å². The molecule has 0 aromatic rings. The number of hydrogen-bond donors (Lipinski definition) is 0. The van der Waals surface area contributed by atoms with Crippen molar-refractivity contribution in [3.63, 3.8) is 0 Å². The first-order valence-electron chi connectivity index (χ1n) is 4.46. The first-order chi connectivity index (χ1) is 5.38. The van der Waals surface area contributed by atoms with E-state index >= 15 is 0 Å². The van der Waals surface area contributed by atoms with E-state index < -0.39 is 0 Å². The molecule has 0 amide bonds. The van der Waals surface area contributed by atoms with Crippen molar-refractivity contribution in [2.75, 3.05) is 0 Å². The van der Waals surface area contributed by atoms with Crippen molar-refractivity contribution in [1.82, 2.24) is 0 Å². The average molecular weight is 148 g/mol. The quantitative estimate of drug-likeness (QED) is 0.525. The van der Waals surface area contributed by atoms with Gasteiger partial charge in [0.05, 0.1) is 0 Å². The van der Waals surface area contributed by atoms with Crippen LogP contribution in [0.4, 0.5) is 0 Å². The van der Waals surface area contributed by atoms with E-state index in [1.165, 1.54) is 36.8 Å². The van der Waals surface area contributed by atoms with Crippen LogP contribution in [0.1, 0.15) is 39.0 Å². The molecule has 0 radical (unpaired) electrons. The molecule has 0 aromatic carbocycles. The van der Waals surface area contributed by atoms with Crippen LogP contribution in [-0.4, -0.2) is 0 Å². The Morgan fingerprint density at radius 3 is 2.91 bits per heavy atom. The van der Waals surface area contributed by atoms with E-state index in [0.29, 0.717) is 0 Å². The van der Waals surface area contributed by atoms with Crippen molar-refractivity contribution in [1.29, 1.82) is 0 Å². The summed E-state index contributed by atoms with van der Waals surface area (Å²) in [5, 5.41) is 0. The molecule has 0 saturated heterocycles. The van der Waals surface area contributed by atoms with Crippen molar-refractivity contribution in [2.45, 2.75) is 39.0 Å². The molecule has 0 nitrogen and oxygen atoms in total. The third-order valence-electron chi connectivity index (χ3n) is 2.25. The van der Waals surface area contributed by atoms with Gasteiger partial charge in [0, 0.05) is 0 Å². The summed E-state index contributed by atoms with van der Waals surface area (Å²) in [5.41, 5.74) is 5.84. The maximum Gasteiger partial charge on any atom is -0.00405 e. The Bertz CT molecular complexity index is 202. The third kappa shape index (κ3) is 2.10. The number of allylic oxidation sites excluding steroid dienone is 3. The van der Waals surface area contributed by atoms with Crippen LogP contribution < -0.4 is 0 Å². The van der Waals surface area contributed by atoms with Gasteiger partial charge in [-0.2, -0.15) is 0 Å². The monoisotopic (exact) mass is 148 g/mol. The Kier molecular flexibility index (Phi) is 3.19. The summed E-state index contributed by atoms with van der Waals surface area (Å²) in [6.45, 7) is 5.87. The first kappa shape index (κ1) is 8.36. The zero-order chi connectivity index (χ0) is 8.10. The second-order valence-electron chi connectivity index (χ2n) is 2.98. The molecule has 0 aromatic heterocycles. The van der Waals surface area contributed by atoms with Gasteiger partial charge >= 0.3 is 0 Å². The highest BCUT2D eigenvalue weighted by Crippen LogP contribution is 2.24. The average Bonchev–Trinajstić information content (AvgIpc) is 2.09. The fraction of sp³-hybridized carbons (Fsp3) is 0.545. The fourth-order valence-corrected chi connectivity index (χ4v) is 1.58. The molecule has 60 valence electrons. The van der Waals surface area contributed by atoms with E-state index in [-0.39, 0.29) is 0 Å². The van der Waals surface area contributed by atoms with Crippen LogP contribution in [-0.2, 0) is 0 Å². The molecule has 0 heterocycles. The van der Waals surface area contributed by atoms with Gasteiger partial charge in [-0.25, -0.2) is 0 Å². The van der Waals surface area contributed by atoms with E-state index in [1.807, 2.05) is 0 Å². The van der Waals surface area contributed by atoms with Gasteiger partial charge in [-0.05, 0) is 43.3 Å². The van der Waals surface area contributed by atoms with Gasteiger partial charge in [-0.3, -0.25) is 0 Å². The highest BCUT2D eigenvalue weighted by atomic mass is 14.1. The molecule has 0 atom stereocenters. The summed E-state index contributed by atoms with van der Waals surface area (Å²) in [5.74, 6) is 0. The molecule has 0 heteroatoms. The molecule has 0 N–H and O–H groups in total. The summed E-state index contributed by atoms with van der Waals surface area (Å²) in [6.07, 6.45) is 8.62. The lowest BCUT2D eigenvalue weighted by Gasteiger charge is -2.12. The Labute approximate surface area is 69.3 Å². The van der Waals surface area contributed by atoms with Crippen LogP contribution >= 0.6 is 0 Å². The minimum absolute atomic E-state index is 1.08. The second kappa shape index (κ2) is 4.20. The summed E-state index contributed by atoms with van der Waals surface area (Å²) in [4.78, 5) is 0. The maximum absolute atomic E-state index is 3.70. The SMILES string of the molecule is C=C=C(CC)C1=CCCCC1. The smallest absolute Gasteiger partial charge is 0.00405 e. The van der Waals surface area contributed by atoms with Crippen LogP contribution in [0.3, 0.4) is 0 Å². The van der Waals surface area contributed by atoms with E-state index in [4.69, 9.17) is 0 Å². The molecule has 0 fully saturated rings. The lowest BCUT2D eigenvalue weighted by molar-refractivity contribution is 0.702. The maximum atomic E-state index is 3.70. The van der Waals surface area contributed by atoms with E-state index in [2.05, 4.69) is 25.3 Å². The fourth-order valence-electron chi connectivity index (χ4n) is 1.58. The van der Waals surface area contributed by atoms with Gasteiger partial charge < -0.3 is 0 Å². The van der Waals surface area contributed by atoms with E-state index in [0.717, 1.165) is 6.42 Å². The normalized spacial score (nSPS) is 17.0. The summed E-state index contributed by atoms with van der Waals surface area (Å²) in [6, 6.07) is 0. The predicted octanol–water partition coefficient (Wildman–Crippen LogP) is 3.61. The van der Waals surface area contributed by atoms with Crippen LogP contribution in [0.5, 0.6) is 0 Å². The predicted molar refractivity (Wildman–Crippen MR) is 49.5 cm³/mol.